The lowest BCUT2D eigenvalue weighted by Gasteiger charge is -2.28. The molecule has 0 saturated carbocycles. The molecule has 1 aliphatic carbocycles. The molecule has 4 heteroatoms. The number of rotatable bonds is 6. The monoisotopic (exact) mass is 238 g/mol. The molecule has 4 nitrogen and oxygen atoms in total. The Morgan fingerprint density at radius 3 is 2.59 bits per heavy atom. The smallest absolute Gasteiger partial charge is 0.117 e. The van der Waals surface area contributed by atoms with Gasteiger partial charge in [-0.15, -0.1) is 0 Å². The molecule has 0 N–H and O–H groups in total. The van der Waals surface area contributed by atoms with E-state index in [4.69, 9.17) is 18.9 Å². The van der Waals surface area contributed by atoms with E-state index in [1.807, 2.05) is 6.08 Å². The quantitative estimate of drug-likeness (QED) is 0.656. The van der Waals surface area contributed by atoms with Crippen LogP contribution in [0.4, 0.5) is 0 Å². The Balaban J connectivity index is 1.45. The maximum absolute atomic E-state index is 5.84. The van der Waals surface area contributed by atoms with Crippen molar-refractivity contribution in [1.82, 2.24) is 0 Å². The molecule has 0 spiro atoms. The van der Waals surface area contributed by atoms with Crippen LogP contribution in [0.25, 0.3) is 0 Å². The Morgan fingerprint density at radius 1 is 1.29 bits per heavy atom. The van der Waals surface area contributed by atoms with Gasteiger partial charge in [-0.1, -0.05) is 0 Å². The first-order chi connectivity index (χ1) is 8.23. The Bertz CT molecular complexity index is 341. The average Bonchev–Trinajstić information content (AvgIpc) is 3.19. The Hall–Kier alpha value is -0.840. The highest BCUT2D eigenvalue weighted by molar-refractivity contribution is 5.23. The van der Waals surface area contributed by atoms with Crippen LogP contribution in [0.3, 0.4) is 0 Å². The summed E-state index contributed by atoms with van der Waals surface area (Å²) in [6.07, 6.45) is 7.60. The van der Waals surface area contributed by atoms with Gasteiger partial charge in [0.1, 0.15) is 24.6 Å². The SMILES string of the molecule is CC1(OCC2CO2)C=CC(OCC2CO2)=CC1. The van der Waals surface area contributed by atoms with Crippen molar-refractivity contribution >= 4 is 0 Å². The first-order valence-corrected chi connectivity index (χ1v) is 6.13. The van der Waals surface area contributed by atoms with Gasteiger partial charge < -0.3 is 18.9 Å². The minimum Gasteiger partial charge on any atom is -0.491 e. The maximum atomic E-state index is 5.84. The van der Waals surface area contributed by atoms with Crippen LogP contribution in [0.2, 0.25) is 0 Å². The fraction of sp³-hybridized carbons (Fsp3) is 0.692. The molecule has 0 aromatic rings. The summed E-state index contributed by atoms with van der Waals surface area (Å²) in [6.45, 7) is 5.10. The molecular formula is C13H18O4. The van der Waals surface area contributed by atoms with E-state index in [1.165, 1.54) is 0 Å². The Kier molecular flexibility index (Phi) is 2.94. The zero-order valence-electron chi connectivity index (χ0n) is 10.1. The Labute approximate surface area is 101 Å². The molecule has 2 fully saturated rings. The van der Waals surface area contributed by atoms with Crippen LogP contribution >= 0.6 is 0 Å². The molecule has 0 bridgehead atoms. The zero-order valence-corrected chi connectivity index (χ0v) is 10.1. The summed E-state index contributed by atoms with van der Waals surface area (Å²) in [7, 11) is 0. The first-order valence-electron chi connectivity index (χ1n) is 6.13. The van der Waals surface area contributed by atoms with Gasteiger partial charge in [0.05, 0.1) is 25.4 Å². The molecule has 3 unspecified atom stereocenters. The number of hydrogen-bond donors (Lipinski definition) is 0. The molecule has 2 saturated heterocycles. The predicted octanol–water partition coefficient (Wildman–Crippen LogP) is 1.42. The van der Waals surface area contributed by atoms with E-state index in [-0.39, 0.29) is 5.60 Å². The second-order valence-corrected chi connectivity index (χ2v) is 4.99. The van der Waals surface area contributed by atoms with Crippen molar-refractivity contribution in [2.24, 2.45) is 0 Å². The van der Waals surface area contributed by atoms with Crippen LogP contribution in [-0.2, 0) is 18.9 Å². The van der Waals surface area contributed by atoms with Crippen LogP contribution in [0.15, 0.2) is 24.0 Å². The van der Waals surface area contributed by atoms with Gasteiger partial charge in [-0.25, -0.2) is 0 Å². The van der Waals surface area contributed by atoms with E-state index < -0.39 is 0 Å². The van der Waals surface area contributed by atoms with E-state index in [2.05, 4.69) is 19.1 Å². The second kappa shape index (κ2) is 4.44. The third kappa shape index (κ3) is 3.31. The highest BCUT2D eigenvalue weighted by atomic mass is 16.6. The molecule has 0 amide bonds. The zero-order chi connectivity index (χ0) is 11.7. The summed E-state index contributed by atoms with van der Waals surface area (Å²) in [4.78, 5) is 0. The van der Waals surface area contributed by atoms with Crippen molar-refractivity contribution in [1.29, 1.82) is 0 Å². The minimum atomic E-state index is -0.213. The van der Waals surface area contributed by atoms with Gasteiger partial charge >= 0.3 is 0 Å². The van der Waals surface area contributed by atoms with E-state index in [1.54, 1.807) is 0 Å². The van der Waals surface area contributed by atoms with Gasteiger partial charge in [0.25, 0.3) is 0 Å². The van der Waals surface area contributed by atoms with Crippen molar-refractivity contribution in [3.63, 3.8) is 0 Å². The standard InChI is InChI=1S/C13H18O4/c1-13(17-9-12-8-16-12)4-2-10(3-5-13)14-6-11-7-15-11/h2-4,11-12H,5-9H2,1H3. The third-order valence-electron chi connectivity index (χ3n) is 3.15. The van der Waals surface area contributed by atoms with Gasteiger partial charge in [0.2, 0.25) is 0 Å². The fourth-order valence-electron chi connectivity index (χ4n) is 1.71. The van der Waals surface area contributed by atoms with Crippen molar-refractivity contribution in [2.75, 3.05) is 26.4 Å². The molecule has 17 heavy (non-hydrogen) atoms. The van der Waals surface area contributed by atoms with Crippen molar-refractivity contribution in [3.05, 3.63) is 24.0 Å². The van der Waals surface area contributed by atoms with E-state index >= 15 is 0 Å². The predicted molar refractivity (Wildman–Crippen MR) is 61.6 cm³/mol. The summed E-state index contributed by atoms with van der Waals surface area (Å²) in [5.74, 6) is 0.921. The van der Waals surface area contributed by atoms with Gasteiger partial charge in [-0.3, -0.25) is 0 Å². The number of hydrogen-bond acceptors (Lipinski definition) is 4. The van der Waals surface area contributed by atoms with Crippen molar-refractivity contribution in [3.8, 4) is 0 Å². The van der Waals surface area contributed by atoms with Crippen LogP contribution in [0.1, 0.15) is 13.3 Å². The molecule has 0 aromatic heterocycles. The van der Waals surface area contributed by atoms with Crippen LogP contribution < -0.4 is 0 Å². The second-order valence-electron chi connectivity index (χ2n) is 4.99. The summed E-state index contributed by atoms with van der Waals surface area (Å²) < 4.78 is 21.7. The van der Waals surface area contributed by atoms with Crippen LogP contribution in [0.5, 0.6) is 0 Å². The Morgan fingerprint density at radius 2 is 2.00 bits per heavy atom. The molecule has 0 radical (unpaired) electrons. The van der Waals surface area contributed by atoms with E-state index in [9.17, 15) is 0 Å². The largest absolute Gasteiger partial charge is 0.491 e. The van der Waals surface area contributed by atoms with Gasteiger partial charge in [-0.2, -0.15) is 0 Å². The van der Waals surface area contributed by atoms with Crippen molar-refractivity contribution in [2.45, 2.75) is 31.2 Å². The summed E-state index contributed by atoms with van der Waals surface area (Å²) in [6, 6.07) is 0. The molecule has 3 atom stereocenters. The molecular weight excluding hydrogens is 220 g/mol. The molecule has 3 rings (SSSR count). The summed E-state index contributed by atoms with van der Waals surface area (Å²) >= 11 is 0. The van der Waals surface area contributed by atoms with Gasteiger partial charge in [0.15, 0.2) is 0 Å². The summed E-state index contributed by atoms with van der Waals surface area (Å²) in [5.41, 5.74) is -0.213. The molecule has 94 valence electrons. The normalized spacial score (nSPS) is 38.8. The molecule has 2 aliphatic heterocycles. The van der Waals surface area contributed by atoms with E-state index in [0.29, 0.717) is 25.4 Å². The third-order valence-corrected chi connectivity index (χ3v) is 3.15. The van der Waals surface area contributed by atoms with Crippen LogP contribution in [0, 0.1) is 0 Å². The maximum Gasteiger partial charge on any atom is 0.117 e. The van der Waals surface area contributed by atoms with E-state index in [0.717, 1.165) is 25.4 Å². The van der Waals surface area contributed by atoms with Gasteiger partial charge in [0, 0.05) is 6.42 Å². The minimum absolute atomic E-state index is 0.213. The lowest BCUT2D eigenvalue weighted by Crippen LogP contribution is -2.29. The highest BCUT2D eigenvalue weighted by Crippen LogP contribution is 2.27. The molecule has 2 heterocycles. The number of ether oxygens (including phenoxy) is 4. The lowest BCUT2D eigenvalue weighted by atomic mass is 9.97. The number of epoxide rings is 2. The van der Waals surface area contributed by atoms with Crippen LogP contribution in [-0.4, -0.2) is 44.2 Å². The summed E-state index contributed by atoms with van der Waals surface area (Å²) in [5, 5.41) is 0. The topological polar surface area (TPSA) is 43.5 Å². The average molecular weight is 238 g/mol. The fourth-order valence-corrected chi connectivity index (χ4v) is 1.71. The first kappa shape index (κ1) is 11.3. The number of allylic oxidation sites excluding steroid dienone is 1. The molecule has 0 aromatic carbocycles. The molecule has 3 aliphatic rings. The van der Waals surface area contributed by atoms with Crippen molar-refractivity contribution < 1.29 is 18.9 Å². The lowest BCUT2D eigenvalue weighted by molar-refractivity contribution is -0.00272. The highest BCUT2D eigenvalue weighted by Gasteiger charge is 2.30. The van der Waals surface area contributed by atoms with Gasteiger partial charge in [-0.05, 0) is 25.2 Å².